The zero-order valence-corrected chi connectivity index (χ0v) is 12.1. The molecule has 3 nitrogen and oxygen atoms in total. The highest BCUT2D eigenvalue weighted by atomic mass is 79.9. The van der Waals surface area contributed by atoms with Crippen LogP contribution < -0.4 is 4.74 Å². The monoisotopic (exact) mass is 311 g/mol. The number of alkyl halides is 1. The maximum atomic E-state index is 8.69. The molecule has 98 valence electrons. The fraction of sp³-hybridized carbons (Fsp3) is 0.500. The molecule has 0 aromatic heterocycles. The predicted molar refractivity (Wildman–Crippen MR) is 75.1 cm³/mol. The maximum absolute atomic E-state index is 8.69. The fourth-order valence-corrected chi connectivity index (χ4v) is 1.72. The van der Waals surface area contributed by atoms with Gasteiger partial charge in [-0.1, -0.05) is 29.3 Å². The largest absolute Gasteiger partial charge is 0.491 e. The molecule has 0 aliphatic carbocycles. The molecule has 0 saturated heterocycles. The van der Waals surface area contributed by atoms with Crippen LogP contribution in [0.2, 0.25) is 0 Å². The van der Waals surface area contributed by atoms with Crippen molar-refractivity contribution in [3.05, 3.63) is 29.8 Å². The molecule has 0 spiro atoms. The predicted octanol–water partition coefficient (Wildman–Crippen LogP) is 3.52. The molecule has 0 bridgehead atoms. The van der Waals surface area contributed by atoms with Gasteiger partial charge in [-0.05, 0) is 30.7 Å². The van der Waals surface area contributed by atoms with Gasteiger partial charge in [0.25, 0.3) is 0 Å². The smallest absolute Gasteiger partial charge is 0.119 e. The molecule has 0 fully saturated rings. The van der Waals surface area contributed by atoms with Crippen molar-refractivity contribution in [1.29, 1.82) is 5.26 Å². The first-order valence-corrected chi connectivity index (χ1v) is 7.22. The van der Waals surface area contributed by atoms with Crippen LogP contribution in [0.15, 0.2) is 24.3 Å². The van der Waals surface area contributed by atoms with Crippen molar-refractivity contribution in [2.24, 2.45) is 0 Å². The number of nitrogens with zero attached hydrogens (tertiary/aromatic N) is 1. The second kappa shape index (κ2) is 8.96. The normalized spacial score (nSPS) is 11.8. The molecule has 1 unspecified atom stereocenters. The van der Waals surface area contributed by atoms with Crippen LogP contribution in [-0.2, 0) is 4.74 Å². The zero-order valence-electron chi connectivity index (χ0n) is 10.6. The highest BCUT2D eigenvalue weighted by Gasteiger charge is 2.08. The second-order valence-corrected chi connectivity index (χ2v) is 4.60. The van der Waals surface area contributed by atoms with Gasteiger partial charge in [0.2, 0.25) is 0 Å². The number of hydrogen-bond donors (Lipinski definition) is 0. The Kier molecular flexibility index (Phi) is 7.47. The van der Waals surface area contributed by atoms with Crippen LogP contribution in [0.25, 0.3) is 0 Å². The van der Waals surface area contributed by atoms with E-state index in [1.54, 1.807) is 24.3 Å². The number of halogens is 1. The highest BCUT2D eigenvalue weighted by Crippen LogP contribution is 2.12. The summed E-state index contributed by atoms with van der Waals surface area (Å²) in [6, 6.07) is 9.17. The third-order valence-corrected chi connectivity index (χ3v) is 3.17. The van der Waals surface area contributed by atoms with E-state index in [0.717, 1.165) is 30.5 Å². The van der Waals surface area contributed by atoms with Crippen molar-refractivity contribution < 1.29 is 9.47 Å². The Hall–Kier alpha value is -1.05. The van der Waals surface area contributed by atoms with E-state index in [2.05, 4.69) is 28.9 Å². The molecular weight excluding hydrogens is 294 g/mol. The molecule has 0 amide bonds. The molecule has 0 radical (unpaired) electrons. The number of unbranched alkanes of at least 4 members (excludes halogenated alkanes) is 1. The van der Waals surface area contributed by atoms with Gasteiger partial charge in [0, 0.05) is 11.9 Å². The van der Waals surface area contributed by atoms with Crippen molar-refractivity contribution in [2.45, 2.75) is 25.9 Å². The molecule has 0 aliphatic heterocycles. The molecule has 1 aromatic carbocycles. The summed E-state index contributed by atoms with van der Waals surface area (Å²) in [5, 5.41) is 9.45. The van der Waals surface area contributed by atoms with Gasteiger partial charge < -0.3 is 9.47 Å². The van der Waals surface area contributed by atoms with Crippen LogP contribution in [0.5, 0.6) is 5.75 Å². The summed E-state index contributed by atoms with van der Waals surface area (Å²) in [5.74, 6) is 0.763. The summed E-state index contributed by atoms with van der Waals surface area (Å²) in [7, 11) is 0. The van der Waals surface area contributed by atoms with E-state index < -0.39 is 0 Å². The van der Waals surface area contributed by atoms with Crippen molar-refractivity contribution in [3.8, 4) is 11.8 Å². The minimum Gasteiger partial charge on any atom is -0.491 e. The number of hydrogen-bond acceptors (Lipinski definition) is 3. The Balaban J connectivity index is 2.34. The fourth-order valence-electron chi connectivity index (χ4n) is 1.35. The average molecular weight is 312 g/mol. The number of nitriles is 1. The van der Waals surface area contributed by atoms with Gasteiger partial charge in [0.1, 0.15) is 18.5 Å². The van der Waals surface area contributed by atoms with Gasteiger partial charge in [0.05, 0.1) is 11.6 Å². The zero-order chi connectivity index (χ0) is 13.2. The molecule has 4 heteroatoms. The van der Waals surface area contributed by atoms with Crippen LogP contribution in [0.1, 0.15) is 25.3 Å². The Morgan fingerprint density at radius 3 is 2.61 bits per heavy atom. The van der Waals surface area contributed by atoms with Crippen LogP contribution in [-0.4, -0.2) is 24.6 Å². The van der Waals surface area contributed by atoms with Crippen molar-refractivity contribution >= 4 is 15.9 Å². The summed E-state index contributed by atoms with van der Waals surface area (Å²) in [6.07, 6.45) is 2.26. The Labute approximate surface area is 117 Å². The van der Waals surface area contributed by atoms with Crippen LogP contribution in [0.4, 0.5) is 0 Å². The van der Waals surface area contributed by atoms with Gasteiger partial charge in [-0.2, -0.15) is 5.26 Å². The SMILES string of the molecule is CCCCOC(CBr)COc1ccc(C#N)cc1. The topological polar surface area (TPSA) is 42.2 Å². The summed E-state index contributed by atoms with van der Waals surface area (Å²) in [4.78, 5) is 0. The van der Waals surface area contributed by atoms with Crippen LogP contribution in [0, 0.1) is 11.3 Å². The number of rotatable bonds is 8. The van der Waals surface area contributed by atoms with Gasteiger partial charge in [0.15, 0.2) is 0 Å². The van der Waals surface area contributed by atoms with Gasteiger partial charge in [-0.25, -0.2) is 0 Å². The third-order valence-electron chi connectivity index (χ3n) is 2.44. The molecular formula is C14H18BrNO2. The first-order chi connectivity index (χ1) is 8.80. The van der Waals surface area contributed by atoms with E-state index >= 15 is 0 Å². The second-order valence-electron chi connectivity index (χ2n) is 3.95. The lowest BCUT2D eigenvalue weighted by Gasteiger charge is -2.16. The summed E-state index contributed by atoms with van der Waals surface area (Å²) >= 11 is 3.42. The van der Waals surface area contributed by atoms with Crippen molar-refractivity contribution in [1.82, 2.24) is 0 Å². The van der Waals surface area contributed by atoms with E-state index in [-0.39, 0.29) is 6.10 Å². The van der Waals surface area contributed by atoms with Crippen molar-refractivity contribution in [3.63, 3.8) is 0 Å². The van der Waals surface area contributed by atoms with Crippen molar-refractivity contribution in [2.75, 3.05) is 18.5 Å². The van der Waals surface area contributed by atoms with E-state index in [9.17, 15) is 0 Å². The summed E-state index contributed by atoms with van der Waals surface area (Å²) < 4.78 is 11.3. The van der Waals surface area contributed by atoms with E-state index in [0.29, 0.717) is 12.2 Å². The molecule has 1 aromatic rings. The first kappa shape index (κ1) is 15.0. The lowest BCUT2D eigenvalue weighted by Crippen LogP contribution is -2.23. The third kappa shape index (κ3) is 5.52. The molecule has 0 N–H and O–H groups in total. The minimum atomic E-state index is 0.0622. The molecule has 0 aliphatic rings. The highest BCUT2D eigenvalue weighted by molar-refractivity contribution is 9.09. The molecule has 1 atom stereocenters. The quantitative estimate of drug-likeness (QED) is 0.545. The Morgan fingerprint density at radius 1 is 1.33 bits per heavy atom. The lowest BCUT2D eigenvalue weighted by atomic mass is 10.2. The standard InChI is InChI=1S/C14H18BrNO2/c1-2-3-8-17-14(9-15)11-18-13-6-4-12(10-16)5-7-13/h4-7,14H,2-3,8-9,11H2,1H3. The lowest BCUT2D eigenvalue weighted by molar-refractivity contribution is 0.0346. The summed E-state index contributed by atoms with van der Waals surface area (Å²) in [5.41, 5.74) is 0.638. The van der Waals surface area contributed by atoms with Gasteiger partial charge >= 0.3 is 0 Å². The van der Waals surface area contributed by atoms with Crippen LogP contribution in [0.3, 0.4) is 0 Å². The average Bonchev–Trinajstić information content (AvgIpc) is 2.43. The number of benzene rings is 1. The first-order valence-electron chi connectivity index (χ1n) is 6.10. The maximum Gasteiger partial charge on any atom is 0.119 e. The number of ether oxygens (including phenoxy) is 2. The molecule has 0 heterocycles. The van der Waals surface area contributed by atoms with E-state index in [1.165, 1.54) is 0 Å². The molecule has 0 saturated carbocycles. The summed E-state index contributed by atoms with van der Waals surface area (Å²) in [6.45, 7) is 3.42. The van der Waals surface area contributed by atoms with Gasteiger partial charge in [-0.15, -0.1) is 0 Å². The Bertz CT molecular complexity index is 372. The van der Waals surface area contributed by atoms with Crippen LogP contribution >= 0.6 is 15.9 Å². The molecule has 18 heavy (non-hydrogen) atoms. The van der Waals surface area contributed by atoms with E-state index in [1.807, 2.05) is 0 Å². The molecule has 1 rings (SSSR count). The van der Waals surface area contributed by atoms with Gasteiger partial charge in [-0.3, -0.25) is 0 Å². The minimum absolute atomic E-state index is 0.0622. The Morgan fingerprint density at radius 2 is 2.06 bits per heavy atom. The van der Waals surface area contributed by atoms with E-state index in [4.69, 9.17) is 14.7 Å².